The minimum Gasteiger partial charge on any atom is -0.375 e. The molecule has 4 rings (SSSR count). The second-order valence-corrected chi connectivity index (χ2v) is 7.39. The lowest BCUT2D eigenvalue weighted by Crippen LogP contribution is -2.34. The zero-order valence-corrected chi connectivity index (χ0v) is 15.3. The number of nitrogens with zero attached hydrogens (tertiary/aromatic N) is 4. The third-order valence-corrected chi connectivity index (χ3v) is 5.33. The fraction of sp³-hybridized carbons (Fsp3) is 0.500. The van der Waals surface area contributed by atoms with Gasteiger partial charge >= 0.3 is 0 Å². The number of carbonyl (C=O) groups is 1. The minimum atomic E-state index is 0.161. The lowest BCUT2D eigenvalue weighted by Gasteiger charge is -2.22. The molecular weight excluding hydrogens is 328 g/mol. The van der Waals surface area contributed by atoms with Crippen molar-refractivity contribution in [2.24, 2.45) is 13.0 Å². The number of hydrogen-bond donors (Lipinski definition) is 0. The van der Waals surface area contributed by atoms with Crippen molar-refractivity contribution < 1.29 is 9.53 Å². The molecule has 2 aliphatic rings. The van der Waals surface area contributed by atoms with E-state index in [1.54, 1.807) is 0 Å². The first-order valence-corrected chi connectivity index (χ1v) is 9.30. The molecule has 0 N–H and O–H groups in total. The zero-order valence-electron chi connectivity index (χ0n) is 15.3. The average molecular weight is 354 g/mol. The molecule has 138 valence electrons. The van der Waals surface area contributed by atoms with E-state index in [4.69, 9.17) is 4.74 Å². The van der Waals surface area contributed by atoms with Gasteiger partial charge in [0, 0.05) is 57.4 Å². The monoisotopic (exact) mass is 354 g/mol. The second kappa shape index (κ2) is 7.60. The van der Waals surface area contributed by atoms with Crippen LogP contribution in [-0.4, -0.2) is 64.4 Å². The molecule has 26 heavy (non-hydrogen) atoms. The molecule has 2 atom stereocenters. The Morgan fingerprint density at radius 3 is 2.81 bits per heavy atom. The van der Waals surface area contributed by atoms with Crippen LogP contribution in [0, 0.1) is 5.92 Å². The summed E-state index contributed by atoms with van der Waals surface area (Å²) in [4.78, 5) is 17.1. The first-order valence-electron chi connectivity index (χ1n) is 9.30. The summed E-state index contributed by atoms with van der Waals surface area (Å²) in [6.07, 6.45) is 4.62. The Hall–Kier alpha value is -2.18. The van der Waals surface area contributed by atoms with Crippen LogP contribution in [0.25, 0.3) is 0 Å². The van der Waals surface area contributed by atoms with Gasteiger partial charge in [0.15, 0.2) is 0 Å². The van der Waals surface area contributed by atoms with E-state index in [2.05, 4.69) is 16.2 Å². The van der Waals surface area contributed by atoms with Crippen molar-refractivity contribution in [1.29, 1.82) is 0 Å². The van der Waals surface area contributed by atoms with Crippen molar-refractivity contribution in [3.63, 3.8) is 0 Å². The first kappa shape index (κ1) is 17.2. The number of fused-ring (bicyclic) bond motifs is 1. The highest BCUT2D eigenvalue weighted by molar-refractivity contribution is 5.79. The van der Waals surface area contributed by atoms with E-state index < -0.39 is 0 Å². The van der Waals surface area contributed by atoms with Crippen molar-refractivity contribution in [3.8, 4) is 0 Å². The molecule has 2 aromatic rings. The van der Waals surface area contributed by atoms with Crippen molar-refractivity contribution in [3.05, 3.63) is 53.9 Å². The van der Waals surface area contributed by atoms with Crippen LogP contribution in [0.5, 0.6) is 0 Å². The molecular formula is C20H26N4O2. The molecule has 0 radical (unpaired) electrons. The predicted octanol–water partition coefficient (Wildman–Crippen LogP) is 1.32. The topological polar surface area (TPSA) is 50.6 Å². The number of amides is 1. The molecule has 1 aromatic carbocycles. The van der Waals surface area contributed by atoms with Crippen LogP contribution in [-0.2, 0) is 29.5 Å². The van der Waals surface area contributed by atoms with Gasteiger partial charge in [0.25, 0.3) is 0 Å². The molecule has 0 bridgehead atoms. The van der Waals surface area contributed by atoms with Gasteiger partial charge in [0.2, 0.25) is 5.91 Å². The fourth-order valence-electron chi connectivity index (χ4n) is 4.00. The minimum absolute atomic E-state index is 0.161. The Labute approximate surface area is 154 Å². The summed E-state index contributed by atoms with van der Waals surface area (Å²) in [5, 5.41) is 4.25. The summed E-state index contributed by atoms with van der Waals surface area (Å²) in [5.41, 5.74) is 2.30. The van der Waals surface area contributed by atoms with Gasteiger partial charge in [-0.1, -0.05) is 30.3 Å². The van der Waals surface area contributed by atoms with Gasteiger partial charge in [-0.05, 0) is 5.56 Å². The number of carbonyl (C=O) groups excluding carboxylic acids is 1. The number of benzene rings is 1. The highest BCUT2D eigenvalue weighted by Gasteiger charge is 2.38. The van der Waals surface area contributed by atoms with Crippen molar-refractivity contribution in [2.75, 3.05) is 32.8 Å². The van der Waals surface area contributed by atoms with Gasteiger partial charge in [0.05, 0.1) is 25.3 Å². The van der Waals surface area contributed by atoms with Crippen LogP contribution in [0.15, 0.2) is 42.7 Å². The maximum absolute atomic E-state index is 12.7. The van der Waals surface area contributed by atoms with Crippen LogP contribution < -0.4 is 0 Å². The summed E-state index contributed by atoms with van der Waals surface area (Å²) in [7, 11) is 1.94. The second-order valence-electron chi connectivity index (χ2n) is 7.39. The van der Waals surface area contributed by atoms with E-state index in [-0.39, 0.29) is 12.0 Å². The summed E-state index contributed by atoms with van der Waals surface area (Å²) < 4.78 is 7.91. The molecule has 1 amide bonds. The summed E-state index contributed by atoms with van der Waals surface area (Å²) in [6.45, 7) is 5.02. The van der Waals surface area contributed by atoms with Crippen LogP contribution in [0.1, 0.15) is 11.1 Å². The predicted molar refractivity (Wildman–Crippen MR) is 98.4 cm³/mol. The highest BCUT2D eigenvalue weighted by atomic mass is 16.5. The molecule has 0 unspecified atom stereocenters. The van der Waals surface area contributed by atoms with Crippen LogP contribution in [0.4, 0.5) is 0 Å². The van der Waals surface area contributed by atoms with E-state index in [0.717, 1.165) is 44.9 Å². The first-order chi connectivity index (χ1) is 12.7. The SMILES string of the molecule is Cn1cc(CN2CCO[C@H]3CN(C(=O)Cc4ccccc4)C[C@H]3C2)cn1. The number of aromatic nitrogens is 2. The number of ether oxygens (including phenoxy) is 1. The lowest BCUT2D eigenvalue weighted by molar-refractivity contribution is -0.130. The van der Waals surface area contributed by atoms with Crippen LogP contribution in [0.3, 0.4) is 0 Å². The average Bonchev–Trinajstić information content (AvgIpc) is 3.17. The van der Waals surface area contributed by atoms with Crippen LogP contribution >= 0.6 is 0 Å². The van der Waals surface area contributed by atoms with Gasteiger partial charge < -0.3 is 9.64 Å². The molecule has 6 heteroatoms. The molecule has 0 saturated carbocycles. The summed E-state index contributed by atoms with van der Waals surface area (Å²) in [6, 6.07) is 9.97. The Morgan fingerprint density at radius 1 is 1.19 bits per heavy atom. The van der Waals surface area contributed by atoms with Gasteiger partial charge in [-0.2, -0.15) is 5.10 Å². The fourth-order valence-corrected chi connectivity index (χ4v) is 4.00. The molecule has 1 aromatic heterocycles. The maximum Gasteiger partial charge on any atom is 0.227 e. The Balaban J connectivity index is 1.36. The van der Waals surface area contributed by atoms with E-state index in [1.807, 2.05) is 53.2 Å². The highest BCUT2D eigenvalue weighted by Crippen LogP contribution is 2.25. The van der Waals surface area contributed by atoms with Gasteiger partial charge in [-0.25, -0.2) is 0 Å². The molecule has 2 fully saturated rings. The third-order valence-electron chi connectivity index (χ3n) is 5.33. The van der Waals surface area contributed by atoms with Gasteiger partial charge in [0.1, 0.15) is 0 Å². The quantitative estimate of drug-likeness (QED) is 0.831. The van der Waals surface area contributed by atoms with Gasteiger partial charge in [-0.3, -0.25) is 14.4 Å². The van der Waals surface area contributed by atoms with E-state index >= 15 is 0 Å². The standard InChI is InChI=1S/C20H26N4O2/c1-22-11-17(10-21-22)12-23-7-8-26-19-15-24(14-18(19)13-23)20(25)9-16-5-3-2-4-6-16/h2-6,10-11,18-19H,7-9,12-15H2,1H3/t18-,19+/m1/s1. The maximum atomic E-state index is 12.7. The lowest BCUT2D eigenvalue weighted by atomic mass is 10.1. The number of likely N-dealkylation sites (tertiary alicyclic amines) is 1. The van der Waals surface area contributed by atoms with Crippen LogP contribution in [0.2, 0.25) is 0 Å². The normalized spacial score (nSPS) is 23.7. The van der Waals surface area contributed by atoms with Crippen molar-refractivity contribution >= 4 is 5.91 Å². The Kier molecular flexibility index (Phi) is 5.04. The molecule has 3 heterocycles. The molecule has 0 spiro atoms. The Morgan fingerprint density at radius 2 is 2.04 bits per heavy atom. The number of rotatable bonds is 4. The van der Waals surface area contributed by atoms with Gasteiger partial charge in [-0.15, -0.1) is 0 Å². The molecule has 6 nitrogen and oxygen atoms in total. The van der Waals surface area contributed by atoms with E-state index in [1.165, 1.54) is 5.56 Å². The van der Waals surface area contributed by atoms with E-state index in [9.17, 15) is 4.79 Å². The zero-order chi connectivity index (χ0) is 17.9. The summed E-state index contributed by atoms with van der Waals surface area (Å²) in [5.74, 6) is 0.584. The Bertz CT molecular complexity index is 745. The molecule has 2 saturated heterocycles. The number of aryl methyl sites for hydroxylation is 1. The third kappa shape index (κ3) is 3.97. The van der Waals surface area contributed by atoms with Crippen molar-refractivity contribution in [2.45, 2.75) is 19.1 Å². The largest absolute Gasteiger partial charge is 0.375 e. The smallest absolute Gasteiger partial charge is 0.227 e. The van der Waals surface area contributed by atoms with E-state index in [0.29, 0.717) is 12.3 Å². The molecule has 0 aliphatic carbocycles. The number of hydrogen-bond acceptors (Lipinski definition) is 4. The summed E-state index contributed by atoms with van der Waals surface area (Å²) >= 11 is 0. The van der Waals surface area contributed by atoms with Crippen molar-refractivity contribution in [1.82, 2.24) is 19.6 Å². The molecule has 2 aliphatic heterocycles.